The third kappa shape index (κ3) is 5.30. The van der Waals surface area contributed by atoms with Crippen molar-refractivity contribution in [2.24, 2.45) is 5.41 Å². The molecule has 0 aliphatic carbocycles. The molecule has 0 amide bonds. The highest BCUT2D eigenvalue weighted by Crippen LogP contribution is 2.22. The molecule has 5 heteroatoms. The van der Waals surface area contributed by atoms with Crippen LogP contribution in [-0.4, -0.2) is 63.5 Å². The number of aryl methyl sites for hydroxylation is 1. The van der Waals surface area contributed by atoms with E-state index < -0.39 is 0 Å². The van der Waals surface area contributed by atoms with Gasteiger partial charge in [-0.1, -0.05) is 27.7 Å². The van der Waals surface area contributed by atoms with Crippen LogP contribution in [-0.2, 0) is 13.1 Å². The van der Waals surface area contributed by atoms with Crippen molar-refractivity contribution in [3.8, 4) is 0 Å². The van der Waals surface area contributed by atoms with Gasteiger partial charge in [0.1, 0.15) is 0 Å². The zero-order valence-corrected chi connectivity index (χ0v) is 16.3. The van der Waals surface area contributed by atoms with Gasteiger partial charge in [-0.15, -0.1) is 0 Å². The first kappa shape index (κ1) is 19.4. The molecule has 0 unspecified atom stereocenters. The number of aromatic nitrogens is 2. The fourth-order valence-corrected chi connectivity index (χ4v) is 3.66. The van der Waals surface area contributed by atoms with Crippen LogP contribution in [0.25, 0.3) is 0 Å². The molecule has 1 saturated heterocycles. The lowest BCUT2D eigenvalue weighted by molar-refractivity contribution is 0.0339. The summed E-state index contributed by atoms with van der Waals surface area (Å²) in [6, 6.07) is 0.453. The van der Waals surface area contributed by atoms with Gasteiger partial charge in [0, 0.05) is 63.2 Å². The molecular weight excluding hydrogens is 300 g/mol. The van der Waals surface area contributed by atoms with Crippen LogP contribution in [0.5, 0.6) is 0 Å². The maximum atomic E-state index is 9.46. The van der Waals surface area contributed by atoms with E-state index in [-0.39, 0.29) is 6.61 Å². The highest BCUT2D eigenvalue weighted by Gasteiger charge is 2.29. The summed E-state index contributed by atoms with van der Waals surface area (Å²) >= 11 is 0. The zero-order valence-electron chi connectivity index (χ0n) is 16.3. The van der Waals surface area contributed by atoms with Gasteiger partial charge in [-0.3, -0.25) is 14.5 Å². The maximum Gasteiger partial charge on any atom is 0.0537 e. The van der Waals surface area contributed by atoms with Crippen LogP contribution in [0, 0.1) is 12.3 Å². The van der Waals surface area contributed by atoms with E-state index in [0.29, 0.717) is 11.5 Å². The zero-order chi connectivity index (χ0) is 17.7. The molecule has 1 aromatic heterocycles. The molecule has 1 aromatic rings. The smallest absolute Gasteiger partial charge is 0.0537 e. The Hall–Kier alpha value is -0.910. The van der Waals surface area contributed by atoms with E-state index in [0.717, 1.165) is 52.1 Å². The van der Waals surface area contributed by atoms with Gasteiger partial charge in [0.05, 0.1) is 6.20 Å². The lowest BCUT2D eigenvalue weighted by atomic mass is 9.94. The first-order valence-electron chi connectivity index (χ1n) is 9.42. The minimum atomic E-state index is 0.270. The summed E-state index contributed by atoms with van der Waals surface area (Å²) < 4.78 is 2.12. The van der Waals surface area contributed by atoms with Crippen LogP contribution in [0.3, 0.4) is 0 Å². The van der Waals surface area contributed by atoms with E-state index in [4.69, 9.17) is 0 Å². The average Bonchev–Trinajstić information content (AvgIpc) is 2.82. The molecule has 0 spiro atoms. The topological polar surface area (TPSA) is 44.5 Å². The van der Waals surface area contributed by atoms with Crippen molar-refractivity contribution < 1.29 is 5.11 Å². The molecule has 2 heterocycles. The number of hydrogen-bond acceptors (Lipinski definition) is 4. The molecule has 0 aromatic carbocycles. The fourth-order valence-electron chi connectivity index (χ4n) is 3.66. The van der Waals surface area contributed by atoms with E-state index in [1.54, 1.807) is 0 Å². The van der Waals surface area contributed by atoms with Gasteiger partial charge in [0.2, 0.25) is 0 Å². The van der Waals surface area contributed by atoms with Gasteiger partial charge >= 0.3 is 0 Å². The monoisotopic (exact) mass is 336 g/mol. The highest BCUT2D eigenvalue weighted by atomic mass is 16.3. The number of rotatable bonds is 7. The third-order valence-electron chi connectivity index (χ3n) is 4.86. The maximum absolute atomic E-state index is 9.46. The number of aliphatic hydroxyl groups excluding tert-OH is 1. The summed E-state index contributed by atoms with van der Waals surface area (Å²) in [6.07, 6.45) is 4.01. The van der Waals surface area contributed by atoms with Crippen LogP contribution >= 0.6 is 0 Å². The summed E-state index contributed by atoms with van der Waals surface area (Å²) in [5.41, 5.74) is 2.94. The predicted molar refractivity (Wildman–Crippen MR) is 99.1 cm³/mol. The first-order valence-corrected chi connectivity index (χ1v) is 9.42. The third-order valence-corrected chi connectivity index (χ3v) is 4.86. The quantitative estimate of drug-likeness (QED) is 0.831. The van der Waals surface area contributed by atoms with Crippen LogP contribution in [0.15, 0.2) is 6.20 Å². The van der Waals surface area contributed by atoms with Crippen molar-refractivity contribution in [1.29, 1.82) is 0 Å². The molecule has 2 rings (SSSR count). The number of piperazine rings is 1. The molecule has 1 atom stereocenters. The molecule has 1 aliphatic heterocycles. The molecule has 1 N–H and O–H groups in total. The molecule has 5 nitrogen and oxygen atoms in total. The normalized spacial score (nSPS) is 20.7. The summed E-state index contributed by atoms with van der Waals surface area (Å²) in [7, 11) is 0. The molecule has 24 heavy (non-hydrogen) atoms. The van der Waals surface area contributed by atoms with Crippen molar-refractivity contribution in [2.75, 3.05) is 32.8 Å². The number of hydrogen-bond donors (Lipinski definition) is 1. The predicted octanol–water partition coefficient (Wildman–Crippen LogP) is 2.52. The van der Waals surface area contributed by atoms with Gasteiger partial charge < -0.3 is 5.11 Å². The Kier molecular flexibility index (Phi) is 6.84. The highest BCUT2D eigenvalue weighted by molar-refractivity contribution is 5.16. The molecule has 0 bridgehead atoms. The van der Waals surface area contributed by atoms with Crippen LogP contribution in [0.4, 0.5) is 0 Å². The van der Waals surface area contributed by atoms with Crippen LogP contribution in [0.2, 0.25) is 0 Å². The fraction of sp³-hybridized carbons (Fsp3) is 0.842. The van der Waals surface area contributed by atoms with E-state index >= 15 is 0 Å². The Balaban J connectivity index is 1.98. The largest absolute Gasteiger partial charge is 0.396 e. The van der Waals surface area contributed by atoms with Gasteiger partial charge in [-0.05, 0) is 25.2 Å². The molecule has 0 radical (unpaired) electrons. The van der Waals surface area contributed by atoms with Gasteiger partial charge in [0.15, 0.2) is 0 Å². The number of nitrogens with zero attached hydrogens (tertiary/aromatic N) is 4. The summed E-state index contributed by atoms with van der Waals surface area (Å²) in [6.45, 7) is 17.8. The standard InChI is InChI=1S/C19H36N4O/c1-6-8-23-16(2)17(12-20-23)13-21-9-10-22(15-19(3,4)5)18(14-21)7-11-24/h12,18,24H,6-11,13-15H2,1-5H3/t18-/m0/s1. The molecule has 0 saturated carbocycles. The lowest BCUT2D eigenvalue weighted by Gasteiger charge is -2.44. The van der Waals surface area contributed by atoms with Crippen molar-refractivity contribution in [2.45, 2.75) is 66.6 Å². The molecule has 1 aliphatic rings. The number of aliphatic hydroxyl groups is 1. The second kappa shape index (κ2) is 8.45. The Labute approximate surface area is 147 Å². The Morgan fingerprint density at radius 1 is 1.29 bits per heavy atom. The summed E-state index contributed by atoms with van der Waals surface area (Å²) in [4.78, 5) is 5.10. The van der Waals surface area contributed by atoms with Gasteiger partial charge in [-0.2, -0.15) is 5.10 Å². The lowest BCUT2D eigenvalue weighted by Crippen LogP contribution is -2.54. The first-order chi connectivity index (χ1) is 11.3. The summed E-state index contributed by atoms with van der Waals surface area (Å²) in [5, 5.41) is 14.0. The van der Waals surface area contributed by atoms with Crippen molar-refractivity contribution in [1.82, 2.24) is 19.6 Å². The minimum absolute atomic E-state index is 0.270. The molecular formula is C19H36N4O. The second-order valence-corrected chi connectivity index (χ2v) is 8.41. The van der Waals surface area contributed by atoms with Crippen molar-refractivity contribution >= 4 is 0 Å². The second-order valence-electron chi connectivity index (χ2n) is 8.41. The van der Waals surface area contributed by atoms with E-state index in [9.17, 15) is 5.11 Å². The average molecular weight is 337 g/mol. The van der Waals surface area contributed by atoms with E-state index in [2.05, 4.69) is 54.2 Å². The van der Waals surface area contributed by atoms with Gasteiger partial charge in [-0.25, -0.2) is 0 Å². The summed E-state index contributed by atoms with van der Waals surface area (Å²) in [5.74, 6) is 0. The van der Waals surface area contributed by atoms with Crippen LogP contribution < -0.4 is 0 Å². The Bertz CT molecular complexity index is 506. The SMILES string of the molecule is CCCn1ncc(CN2CCN(CC(C)(C)C)[C@@H](CCO)C2)c1C. The van der Waals surface area contributed by atoms with Crippen molar-refractivity contribution in [3.63, 3.8) is 0 Å². The Morgan fingerprint density at radius 2 is 2.04 bits per heavy atom. The van der Waals surface area contributed by atoms with E-state index in [1.165, 1.54) is 11.3 Å². The van der Waals surface area contributed by atoms with E-state index in [1.807, 2.05) is 6.20 Å². The van der Waals surface area contributed by atoms with Crippen molar-refractivity contribution in [3.05, 3.63) is 17.5 Å². The molecule has 1 fully saturated rings. The molecule has 138 valence electrons. The van der Waals surface area contributed by atoms with Crippen LogP contribution in [0.1, 0.15) is 51.8 Å². The minimum Gasteiger partial charge on any atom is -0.396 e. The Morgan fingerprint density at radius 3 is 2.67 bits per heavy atom. The van der Waals surface area contributed by atoms with Gasteiger partial charge in [0.25, 0.3) is 0 Å².